The Morgan fingerprint density at radius 3 is 2.06 bits per heavy atom. The number of fused-ring (bicyclic) bond motifs is 8. The zero-order valence-corrected chi connectivity index (χ0v) is 46.1. The van der Waals surface area contributed by atoms with E-state index in [1.54, 1.807) is 18.2 Å². The van der Waals surface area contributed by atoms with E-state index < -0.39 is 107 Å². The van der Waals surface area contributed by atoms with Crippen LogP contribution in [0.2, 0.25) is 0 Å². The van der Waals surface area contributed by atoms with Crippen LogP contribution in [0.1, 0.15) is 149 Å². The van der Waals surface area contributed by atoms with Gasteiger partial charge in [0.1, 0.15) is 42.4 Å². The molecular weight excluding hydrogens is 995 g/mol. The molecule has 1 aromatic rings. The van der Waals surface area contributed by atoms with Crippen LogP contribution < -0.4 is 10.1 Å². The second-order valence-electron chi connectivity index (χ2n) is 27.2. The average molecular weight is 1080 g/mol. The quantitative estimate of drug-likeness (QED) is 0.150. The molecule has 10 aliphatic rings. The minimum absolute atomic E-state index is 0.0217. The molecule has 3 saturated heterocycles. The molecule has 1 aromatic carbocycles. The number of ketones is 1. The SMILES string of the molecule is CC1(C)[C@@H](O[C@H]2O[C@H](C(=O)O)[C@@H](O)[C@H](O)[C@H]2O[C@@H]2O[C@H](C(=O)O)[C@@H](O)[C@H](O)[C@H]2O)CC[C@]2(C)[C@H]3C(=O)C=C4[C@@H]5C[C@@](C)(C(=O)O)CC[C@]5(C)CC[C@@]4(C)[C@]3(C)CC[C@@H]12.COc1ccc2c(c1)[C@@]13CCCC[C@H]1[C@@H](C2)NCC3. The van der Waals surface area contributed by atoms with E-state index in [-0.39, 0.29) is 34.4 Å². The summed E-state index contributed by atoms with van der Waals surface area (Å²) in [5.74, 6) is -2.58. The summed E-state index contributed by atoms with van der Waals surface area (Å²) in [6.07, 6.45) is -4.10. The van der Waals surface area contributed by atoms with Crippen LogP contribution in [-0.2, 0) is 50.0 Å². The number of aliphatic carboxylic acids is 3. The van der Waals surface area contributed by atoms with Crippen molar-refractivity contribution in [1.82, 2.24) is 5.32 Å². The second kappa shape index (κ2) is 19.9. The standard InChI is InChI=1S/C42H62O16.C17H23NO/c1-37(2)21-8-11-42(7)31(20(43)16-18-19-17-39(4,36(53)54)13-12-38(19,3)14-15-41(18,42)6)40(21,5)10-9-22(37)55-35-30(26(47)25(46)29(57-35)33(51)52)58-34-27(48)23(44)24(45)28(56-34)32(49)50;1-19-13-6-5-12-10-16-14-4-2-3-7-17(14,8-9-18-16)15(12)11-13/h16,19,21-31,34-35,44-48H,8-15,17H2,1-7H3,(H,49,50)(H,51,52)(H,53,54);5-6,11,14,16,18H,2-4,7-10H2,1H3/t19-,21-,22-,23-,24-,25-,26-,27+,28-,29-,30+,31+,34-,35-,38+,39-,40-,41+,42+;14-,16+,17+/m00/s1. The van der Waals surface area contributed by atoms with E-state index >= 15 is 0 Å². The zero-order valence-electron chi connectivity index (χ0n) is 46.1. The highest BCUT2D eigenvalue weighted by atomic mass is 16.8. The first-order valence-electron chi connectivity index (χ1n) is 28.5. The maximum Gasteiger partial charge on any atom is 0.335 e. The third-order valence-corrected chi connectivity index (χ3v) is 23.1. The van der Waals surface area contributed by atoms with E-state index in [1.165, 1.54) is 45.1 Å². The van der Waals surface area contributed by atoms with Crippen molar-refractivity contribution in [2.45, 2.75) is 224 Å². The first-order chi connectivity index (χ1) is 36.1. The van der Waals surface area contributed by atoms with Gasteiger partial charge in [0.15, 0.2) is 30.6 Å². The highest BCUT2D eigenvalue weighted by Crippen LogP contribution is 2.75. The molecule has 18 nitrogen and oxygen atoms in total. The van der Waals surface area contributed by atoms with Gasteiger partial charge in [0, 0.05) is 17.4 Å². The van der Waals surface area contributed by atoms with E-state index in [0.29, 0.717) is 31.1 Å². The Bertz CT molecular complexity index is 2520. The molecule has 77 heavy (non-hydrogen) atoms. The molecule has 2 bridgehead atoms. The van der Waals surface area contributed by atoms with E-state index in [4.69, 9.17) is 23.7 Å². The molecule has 0 unspecified atom stereocenters. The molecule has 9 N–H and O–H groups in total. The van der Waals surface area contributed by atoms with Gasteiger partial charge >= 0.3 is 17.9 Å². The van der Waals surface area contributed by atoms with Gasteiger partial charge in [0.25, 0.3) is 0 Å². The summed E-state index contributed by atoms with van der Waals surface area (Å²) in [6, 6.07) is 7.50. The van der Waals surface area contributed by atoms with Gasteiger partial charge in [-0.05, 0) is 171 Å². The number of ether oxygens (including phenoxy) is 5. The van der Waals surface area contributed by atoms with Crippen LogP contribution >= 0.6 is 0 Å². The Morgan fingerprint density at radius 1 is 0.714 bits per heavy atom. The van der Waals surface area contributed by atoms with Crippen LogP contribution in [0.5, 0.6) is 5.75 Å². The molecule has 5 saturated carbocycles. The van der Waals surface area contributed by atoms with Crippen LogP contribution in [0.4, 0.5) is 0 Å². The van der Waals surface area contributed by atoms with Crippen molar-refractivity contribution in [3.63, 3.8) is 0 Å². The highest BCUT2D eigenvalue weighted by Gasteiger charge is 2.71. The molecule has 7 aliphatic carbocycles. The van der Waals surface area contributed by atoms with Crippen LogP contribution in [0.25, 0.3) is 0 Å². The molecule has 0 aromatic heterocycles. The van der Waals surface area contributed by atoms with Gasteiger partial charge in [-0.1, -0.05) is 66.0 Å². The monoisotopic (exact) mass is 1080 g/mol. The number of carboxylic acid groups (broad SMARTS) is 3. The number of rotatable bonds is 8. The third kappa shape index (κ3) is 8.77. The number of piperidine rings is 1. The van der Waals surface area contributed by atoms with Crippen molar-refractivity contribution in [2.24, 2.45) is 56.2 Å². The molecule has 18 heteroatoms. The first kappa shape index (κ1) is 56.7. The minimum atomic E-state index is -2.05. The van der Waals surface area contributed by atoms with Gasteiger partial charge < -0.3 is 69.9 Å². The molecule has 3 heterocycles. The summed E-state index contributed by atoms with van der Waals surface area (Å²) in [6.45, 7) is 16.0. The van der Waals surface area contributed by atoms with Crippen molar-refractivity contribution in [1.29, 1.82) is 0 Å². The number of hydrogen-bond donors (Lipinski definition) is 9. The number of carboxylic acids is 3. The number of aliphatic hydroxyl groups excluding tert-OH is 5. The van der Waals surface area contributed by atoms with Gasteiger partial charge in [-0.3, -0.25) is 9.59 Å². The lowest BCUT2D eigenvalue weighted by Gasteiger charge is -2.70. The second-order valence-corrected chi connectivity index (χ2v) is 27.2. The maximum atomic E-state index is 14.8. The molecule has 3 aliphatic heterocycles. The lowest BCUT2D eigenvalue weighted by molar-refractivity contribution is -0.371. The number of nitrogens with one attached hydrogen (secondary N) is 1. The maximum absolute atomic E-state index is 14.8. The van der Waals surface area contributed by atoms with Gasteiger partial charge in [-0.25, -0.2) is 9.59 Å². The fourth-order valence-corrected chi connectivity index (χ4v) is 18.4. The fraction of sp³-hybridized carbons (Fsp3) is 0.797. The summed E-state index contributed by atoms with van der Waals surface area (Å²) < 4.78 is 28.9. The van der Waals surface area contributed by atoms with Crippen molar-refractivity contribution in [3.8, 4) is 5.75 Å². The predicted molar refractivity (Wildman–Crippen MR) is 276 cm³/mol. The molecule has 22 atom stereocenters. The Hall–Kier alpha value is -3.56. The van der Waals surface area contributed by atoms with Crippen LogP contribution in [0.15, 0.2) is 29.8 Å². The number of allylic oxidation sites excluding steroid dienone is 2. The first-order valence-corrected chi connectivity index (χ1v) is 28.5. The number of carbonyl (C=O) groups excluding carboxylic acids is 1. The van der Waals surface area contributed by atoms with E-state index in [1.807, 2.05) is 26.8 Å². The van der Waals surface area contributed by atoms with Crippen molar-refractivity contribution >= 4 is 23.7 Å². The number of methoxy groups -OCH3 is 1. The average Bonchev–Trinajstić information content (AvgIpc) is 3.40. The highest BCUT2D eigenvalue weighted by molar-refractivity contribution is 5.95. The lowest BCUT2D eigenvalue weighted by atomic mass is 9.33. The number of aliphatic hydroxyl groups is 5. The molecule has 428 valence electrons. The Kier molecular flexibility index (Phi) is 14.6. The Morgan fingerprint density at radius 2 is 1.39 bits per heavy atom. The largest absolute Gasteiger partial charge is 0.497 e. The number of benzene rings is 1. The molecular formula is C59H85NO17. The topological polar surface area (TPSA) is 288 Å². The molecule has 0 spiro atoms. The van der Waals surface area contributed by atoms with Crippen LogP contribution in [-0.4, -0.2) is 152 Å². The van der Waals surface area contributed by atoms with Gasteiger partial charge in [0.2, 0.25) is 0 Å². The van der Waals surface area contributed by atoms with Crippen LogP contribution in [0.3, 0.4) is 0 Å². The summed E-state index contributed by atoms with van der Waals surface area (Å²) in [7, 11) is 1.78. The normalized spacial score (nSPS) is 48.5. The Labute approximate surface area is 451 Å². The smallest absolute Gasteiger partial charge is 0.335 e. The lowest BCUT2D eigenvalue weighted by Crippen LogP contribution is -2.68. The van der Waals surface area contributed by atoms with E-state index in [9.17, 15) is 60.0 Å². The summed E-state index contributed by atoms with van der Waals surface area (Å²) >= 11 is 0. The molecule has 0 radical (unpaired) electrons. The summed E-state index contributed by atoms with van der Waals surface area (Å²) in [4.78, 5) is 51.3. The predicted octanol–water partition coefficient (Wildman–Crippen LogP) is 5.29. The van der Waals surface area contributed by atoms with Crippen molar-refractivity contribution < 1.29 is 83.7 Å². The van der Waals surface area contributed by atoms with E-state index in [0.717, 1.165) is 55.4 Å². The summed E-state index contributed by atoms with van der Waals surface area (Å²) in [5.41, 5.74) is 1.83. The van der Waals surface area contributed by atoms with Crippen molar-refractivity contribution in [3.05, 3.63) is 41.0 Å². The fourth-order valence-electron chi connectivity index (χ4n) is 18.4. The van der Waals surface area contributed by atoms with Gasteiger partial charge in [-0.2, -0.15) is 0 Å². The molecule has 11 rings (SSSR count). The Balaban J connectivity index is 0.000000293. The summed E-state index contributed by atoms with van der Waals surface area (Å²) in [5, 5.41) is 86.8. The van der Waals surface area contributed by atoms with E-state index in [2.05, 4.69) is 51.2 Å². The zero-order chi connectivity index (χ0) is 55.7. The van der Waals surface area contributed by atoms with Gasteiger partial charge in [0.05, 0.1) is 18.6 Å². The van der Waals surface area contributed by atoms with Gasteiger partial charge in [-0.15, -0.1) is 0 Å². The molecule has 8 fully saturated rings. The third-order valence-electron chi connectivity index (χ3n) is 23.1. The number of carbonyl (C=O) groups is 4. The van der Waals surface area contributed by atoms with Crippen LogP contribution in [0, 0.1) is 56.2 Å². The molecule has 0 amide bonds. The number of hydrogen-bond acceptors (Lipinski definition) is 15. The minimum Gasteiger partial charge on any atom is -0.497 e. The van der Waals surface area contributed by atoms with Crippen molar-refractivity contribution in [2.75, 3.05) is 13.7 Å².